The van der Waals surface area contributed by atoms with Crippen LogP contribution < -0.4 is 15.9 Å². The van der Waals surface area contributed by atoms with E-state index < -0.39 is 7.26 Å². The molecule has 0 bridgehead atoms. The molecular formula is C23H23P. The van der Waals surface area contributed by atoms with E-state index in [1.54, 1.807) is 0 Å². The first-order chi connectivity index (χ1) is 11.9. The number of benzene rings is 3. The Morgan fingerprint density at radius 2 is 1.00 bits per heavy atom. The van der Waals surface area contributed by atoms with Crippen LogP contribution in [0.3, 0.4) is 0 Å². The molecule has 0 saturated carbocycles. The Labute approximate surface area is 145 Å². The van der Waals surface area contributed by atoms with Crippen LogP contribution in [-0.2, 0) is 0 Å². The van der Waals surface area contributed by atoms with E-state index >= 15 is 0 Å². The second-order valence-electron chi connectivity index (χ2n) is 5.87. The first-order valence-corrected chi connectivity index (χ1v) is 10.5. The summed E-state index contributed by atoms with van der Waals surface area (Å²) in [7, 11) is -2.10. The number of hydrogen-bond donors (Lipinski definition) is 0. The van der Waals surface area contributed by atoms with Crippen LogP contribution in [0.2, 0.25) is 0 Å². The molecule has 0 aliphatic heterocycles. The van der Waals surface area contributed by atoms with Crippen molar-refractivity contribution in [3.05, 3.63) is 116 Å². The Balaban J connectivity index is 2.28. The van der Waals surface area contributed by atoms with Crippen LogP contribution in [0.5, 0.6) is 0 Å². The van der Waals surface area contributed by atoms with Gasteiger partial charge >= 0.3 is 145 Å². The molecule has 1 heteroatoms. The van der Waals surface area contributed by atoms with E-state index in [1.807, 2.05) is 6.08 Å². The van der Waals surface area contributed by atoms with Crippen molar-refractivity contribution in [2.75, 3.05) is 6.16 Å². The first kappa shape index (κ1) is 16.4. The molecule has 0 atom stereocenters. The third kappa shape index (κ3) is 3.25. The fourth-order valence-corrected chi connectivity index (χ4v) is 7.84. The van der Waals surface area contributed by atoms with E-state index in [0.717, 1.165) is 6.16 Å². The molecule has 0 radical (unpaired) electrons. The zero-order chi connectivity index (χ0) is 16.7. The minimum atomic E-state index is -2.10. The van der Waals surface area contributed by atoms with Crippen LogP contribution in [-0.4, -0.2) is 6.16 Å². The van der Waals surface area contributed by atoms with Gasteiger partial charge in [0.05, 0.1) is 0 Å². The maximum atomic E-state index is 3.83. The number of allylic oxidation sites excluding steroid dienone is 3. The summed E-state index contributed by atoms with van der Waals surface area (Å²) in [4.78, 5) is 0. The van der Waals surface area contributed by atoms with Gasteiger partial charge in [0.25, 0.3) is 0 Å². The monoisotopic (exact) mass is 330 g/mol. The fourth-order valence-electron chi connectivity index (χ4n) is 3.36. The summed E-state index contributed by atoms with van der Waals surface area (Å²) in [5, 5.41) is 4.32. The molecule has 0 fully saturated rings. The third-order valence-electron chi connectivity index (χ3n) is 4.50. The SMILES string of the molecule is C=C/C=C/C[PH](c1ccccc1)(c1ccccc1)c1ccccc1. The molecule has 0 aromatic heterocycles. The molecule has 24 heavy (non-hydrogen) atoms. The molecule has 120 valence electrons. The quantitative estimate of drug-likeness (QED) is 0.462. The van der Waals surface area contributed by atoms with Gasteiger partial charge in [-0.25, -0.2) is 0 Å². The summed E-state index contributed by atoms with van der Waals surface area (Å²) in [6.07, 6.45) is 7.22. The zero-order valence-corrected chi connectivity index (χ0v) is 14.8. The summed E-state index contributed by atoms with van der Waals surface area (Å²) in [5.41, 5.74) is 0. The van der Waals surface area contributed by atoms with Crippen molar-refractivity contribution in [2.45, 2.75) is 0 Å². The molecule has 0 spiro atoms. The fraction of sp³-hybridized carbons (Fsp3) is 0.0435. The summed E-state index contributed by atoms with van der Waals surface area (Å²) >= 11 is 0. The first-order valence-electron chi connectivity index (χ1n) is 8.32. The van der Waals surface area contributed by atoms with E-state index in [1.165, 1.54) is 15.9 Å². The van der Waals surface area contributed by atoms with Crippen molar-refractivity contribution < 1.29 is 0 Å². The van der Waals surface area contributed by atoms with Crippen LogP contribution in [0.1, 0.15) is 0 Å². The third-order valence-corrected chi connectivity index (χ3v) is 9.30. The molecule has 0 nitrogen and oxygen atoms in total. The van der Waals surface area contributed by atoms with Gasteiger partial charge in [-0.1, -0.05) is 0 Å². The van der Waals surface area contributed by atoms with E-state index in [4.69, 9.17) is 0 Å². The summed E-state index contributed by atoms with van der Waals surface area (Å²) < 4.78 is 0. The predicted octanol–water partition coefficient (Wildman–Crippen LogP) is 4.46. The van der Waals surface area contributed by atoms with Gasteiger partial charge in [0.2, 0.25) is 0 Å². The van der Waals surface area contributed by atoms with Crippen molar-refractivity contribution in [1.82, 2.24) is 0 Å². The van der Waals surface area contributed by atoms with Crippen molar-refractivity contribution in [1.29, 1.82) is 0 Å². The summed E-state index contributed by atoms with van der Waals surface area (Å²) in [6.45, 7) is 3.83. The number of rotatable bonds is 6. The van der Waals surface area contributed by atoms with Gasteiger partial charge in [-0.15, -0.1) is 0 Å². The number of hydrogen-bond acceptors (Lipinski definition) is 0. The van der Waals surface area contributed by atoms with Gasteiger partial charge in [0.15, 0.2) is 0 Å². The van der Waals surface area contributed by atoms with E-state index in [0.29, 0.717) is 0 Å². The standard InChI is InChI=1S/C23H23P/c1-2-3-13-20-24(21-14-7-4-8-15-21,22-16-9-5-10-17-22)23-18-11-6-12-19-23/h2-19,24H,1,20H2/b13-3+. The van der Waals surface area contributed by atoms with E-state index in [9.17, 15) is 0 Å². The van der Waals surface area contributed by atoms with E-state index in [-0.39, 0.29) is 0 Å². The van der Waals surface area contributed by atoms with Crippen molar-refractivity contribution in [3.8, 4) is 0 Å². The Morgan fingerprint density at radius 1 is 0.625 bits per heavy atom. The molecule has 0 N–H and O–H groups in total. The Morgan fingerprint density at radius 3 is 1.33 bits per heavy atom. The van der Waals surface area contributed by atoms with Gasteiger partial charge in [0, 0.05) is 0 Å². The van der Waals surface area contributed by atoms with Crippen LogP contribution in [0.15, 0.2) is 116 Å². The van der Waals surface area contributed by atoms with Gasteiger partial charge < -0.3 is 0 Å². The van der Waals surface area contributed by atoms with Gasteiger partial charge in [0.1, 0.15) is 0 Å². The molecule has 3 aromatic rings. The molecular weight excluding hydrogens is 307 g/mol. The molecule has 3 aromatic carbocycles. The Hall–Kier alpha value is -2.43. The normalized spacial score (nSPS) is 12.2. The van der Waals surface area contributed by atoms with Crippen molar-refractivity contribution >= 4 is 23.2 Å². The maximum absolute atomic E-state index is 3.83. The minimum absolute atomic E-state index is 1.02. The van der Waals surface area contributed by atoms with Crippen LogP contribution in [0, 0.1) is 0 Å². The summed E-state index contributed by atoms with van der Waals surface area (Å²) in [5.74, 6) is 0. The van der Waals surface area contributed by atoms with Gasteiger partial charge in [-0.2, -0.15) is 0 Å². The topological polar surface area (TPSA) is 0 Å². The van der Waals surface area contributed by atoms with Gasteiger partial charge in [-0.05, 0) is 0 Å². The van der Waals surface area contributed by atoms with Gasteiger partial charge in [-0.3, -0.25) is 0 Å². The van der Waals surface area contributed by atoms with Crippen molar-refractivity contribution in [3.63, 3.8) is 0 Å². The van der Waals surface area contributed by atoms with Crippen molar-refractivity contribution in [2.24, 2.45) is 0 Å². The van der Waals surface area contributed by atoms with Crippen LogP contribution in [0.25, 0.3) is 0 Å². The van der Waals surface area contributed by atoms with Crippen LogP contribution in [0.4, 0.5) is 0 Å². The molecule has 0 aliphatic rings. The van der Waals surface area contributed by atoms with E-state index in [2.05, 4.69) is 110 Å². The Kier molecular flexibility index (Phi) is 5.41. The molecule has 0 saturated heterocycles. The second kappa shape index (κ2) is 7.90. The molecule has 0 amide bonds. The average molecular weight is 330 g/mol. The molecule has 0 heterocycles. The molecule has 3 rings (SSSR count). The molecule has 0 aliphatic carbocycles. The zero-order valence-electron chi connectivity index (χ0n) is 13.8. The second-order valence-corrected chi connectivity index (χ2v) is 9.82. The molecule has 0 unspecified atom stereocenters. The predicted molar refractivity (Wildman–Crippen MR) is 111 cm³/mol. The Bertz CT molecular complexity index is 693. The van der Waals surface area contributed by atoms with Crippen LogP contribution >= 0.6 is 7.26 Å². The average Bonchev–Trinajstić information content (AvgIpc) is 2.68. The summed E-state index contributed by atoms with van der Waals surface area (Å²) in [6, 6.07) is 32.9.